The van der Waals surface area contributed by atoms with Crippen molar-refractivity contribution in [3.63, 3.8) is 0 Å². The molecule has 4 nitrogen and oxygen atoms in total. The van der Waals surface area contributed by atoms with E-state index in [4.69, 9.17) is 0 Å². The van der Waals surface area contributed by atoms with Crippen molar-refractivity contribution in [1.82, 2.24) is 14.9 Å². The Labute approximate surface area is 163 Å². The van der Waals surface area contributed by atoms with Crippen LogP contribution < -0.4 is 5.56 Å². The van der Waals surface area contributed by atoms with Gasteiger partial charge in [-0.15, -0.1) is 0 Å². The second-order valence-corrected chi connectivity index (χ2v) is 8.05. The minimum atomic E-state index is -0.0985. The van der Waals surface area contributed by atoms with Crippen molar-refractivity contribution in [2.24, 2.45) is 0 Å². The molecule has 1 fully saturated rings. The molecular formula is C22H23N3OS. The first kappa shape index (κ1) is 18.0. The van der Waals surface area contributed by atoms with E-state index in [1.165, 1.54) is 17.1 Å². The third-order valence-electron chi connectivity index (χ3n) is 4.90. The number of hydrogen-bond acceptors (Lipinski definition) is 4. The average Bonchev–Trinajstić information content (AvgIpc) is 2.70. The first-order chi connectivity index (χ1) is 13.2. The van der Waals surface area contributed by atoms with Gasteiger partial charge in [0.05, 0.1) is 11.3 Å². The summed E-state index contributed by atoms with van der Waals surface area (Å²) in [5.74, 6) is 3.06. The third-order valence-corrected chi connectivity index (χ3v) is 5.84. The van der Waals surface area contributed by atoms with Gasteiger partial charge in [-0.3, -0.25) is 9.69 Å². The molecule has 1 aromatic heterocycles. The minimum Gasteiger partial charge on any atom is -0.306 e. The Morgan fingerprint density at radius 2 is 1.70 bits per heavy atom. The molecule has 0 bridgehead atoms. The Morgan fingerprint density at radius 1 is 1.00 bits per heavy atom. The maximum atomic E-state index is 12.7. The summed E-state index contributed by atoms with van der Waals surface area (Å²) in [5.41, 5.74) is 4.41. The van der Waals surface area contributed by atoms with E-state index in [1.807, 2.05) is 61.2 Å². The number of thioether (sulfide) groups is 1. The summed E-state index contributed by atoms with van der Waals surface area (Å²) in [6.07, 6.45) is 0. The smallest absolute Gasteiger partial charge is 0.259 e. The molecule has 0 aliphatic carbocycles. The molecule has 0 unspecified atom stereocenters. The van der Waals surface area contributed by atoms with Crippen LogP contribution in [-0.4, -0.2) is 39.5 Å². The lowest BCUT2D eigenvalue weighted by atomic mass is 10.1. The van der Waals surface area contributed by atoms with Crippen molar-refractivity contribution in [2.75, 3.05) is 24.6 Å². The Hall–Kier alpha value is -2.37. The molecule has 1 aliphatic heterocycles. The predicted molar refractivity (Wildman–Crippen MR) is 113 cm³/mol. The van der Waals surface area contributed by atoms with Crippen molar-refractivity contribution in [3.05, 3.63) is 76.2 Å². The van der Waals surface area contributed by atoms with E-state index >= 15 is 0 Å². The number of benzene rings is 2. The highest BCUT2D eigenvalue weighted by molar-refractivity contribution is 7.99. The highest BCUT2D eigenvalue weighted by Crippen LogP contribution is 2.21. The lowest BCUT2D eigenvalue weighted by Crippen LogP contribution is -2.31. The van der Waals surface area contributed by atoms with Crippen LogP contribution >= 0.6 is 11.8 Å². The first-order valence-corrected chi connectivity index (χ1v) is 10.4. The molecule has 0 amide bonds. The van der Waals surface area contributed by atoms with Gasteiger partial charge in [0.15, 0.2) is 0 Å². The SMILES string of the molecule is Cc1nc(-c2ccc(CN3CCSCC3)cc2)[nH]c(=O)c1-c1ccccc1. The topological polar surface area (TPSA) is 49.0 Å². The summed E-state index contributed by atoms with van der Waals surface area (Å²) in [6, 6.07) is 18.1. The number of aryl methyl sites for hydroxylation is 1. The molecule has 2 heterocycles. The Balaban J connectivity index is 1.57. The largest absolute Gasteiger partial charge is 0.306 e. The number of rotatable bonds is 4. The van der Waals surface area contributed by atoms with Gasteiger partial charge < -0.3 is 4.98 Å². The van der Waals surface area contributed by atoms with E-state index in [0.717, 1.165) is 36.5 Å². The van der Waals surface area contributed by atoms with Gasteiger partial charge >= 0.3 is 0 Å². The zero-order valence-corrected chi connectivity index (χ0v) is 16.3. The van der Waals surface area contributed by atoms with Gasteiger partial charge in [-0.05, 0) is 18.1 Å². The molecule has 0 atom stereocenters. The van der Waals surface area contributed by atoms with Gasteiger partial charge in [0, 0.05) is 36.7 Å². The number of nitrogens with one attached hydrogen (secondary N) is 1. The summed E-state index contributed by atoms with van der Waals surface area (Å²) >= 11 is 2.03. The van der Waals surface area contributed by atoms with Crippen molar-refractivity contribution >= 4 is 11.8 Å². The van der Waals surface area contributed by atoms with Gasteiger partial charge in [-0.2, -0.15) is 11.8 Å². The van der Waals surface area contributed by atoms with Crippen LogP contribution in [-0.2, 0) is 6.54 Å². The molecule has 0 spiro atoms. The molecule has 3 aromatic rings. The molecule has 1 N–H and O–H groups in total. The summed E-state index contributed by atoms with van der Waals surface area (Å²) in [7, 11) is 0. The van der Waals surface area contributed by atoms with Gasteiger partial charge in [-0.1, -0.05) is 54.6 Å². The number of nitrogens with zero attached hydrogens (tertiary/aromatic N) is 2. The molecular weight excluding hydrogens is 354 g/mol. The fraction of sp³-hybridized carbons (Fsp3) is 0.273. The Morgan fingerprint density at radius 3 is 2.37 bits per heavy atom. The lowest BCUT2D eigenvalue weighted by molar-refractivity contribution is 0.294. The standard InChI is InChI=1S/C22H23N3OS/c1-16-20(18-5-3-2-4-6-18)22(26)24-21(23-16)19-9-7-17(8-10-19)15-25-11-13-27-14-12-25/h2-10H,11-15H2,1H3,(H,23,24,26). The second-order valence-electron chi connectivity index (χ2n) is 6.83. The van der Waals surface area contributed by atoms with E-state index in [1.54, 1.807) is 0 Å². The normalized spacial score (nSPS) is 15.0. The molecule has 27 heavy (non-hydrogen) atoms. The van der Waals surface area contributed by atoms with Gasteiger partial charge in [0.25, 0.3) is 5.56 Å². The van der Waals surface area contributed by atoms with Gasteiger partial charge in [0.1, 0.15) is 5.82 Å². The molecule has 2 aromatic carbocycles. The van der Waals surface area contributed by atoms with Gasteiger partial charge in [0.2, 0.25) is 0 Å². The van der Waals surface area contributed by atoms with E-state index < -0.39 is 0 Å². The molecule has 1 saturated heterocycles. The maximum Gasteiger partial charge on any atom is 0.259 e. The predicted octanol–water partition coefficient (Wildman–Crippen LogP) is 3.96. The molecule has 1 aliphatic rings. The van der Waals surface area contributed by atoms with E-state index in [9.17, 15) is 4.79 Å². The van der Waals surface area contributed by atoms with Crippen LogP contribution in [0.2, 0.25) is 0 Å². The van der Waals surface area contributed by atoms with E-state index in [0.29, 0.717) is 11.4 Å². The zero-order chi connectivity index (χ0) is 18.6. The fourth-order valence-electron chi connectivity index (χ4n) is 3.45. The van der Waals surface area contributed by atoms with E-state index in [2.05, 4.69) is 27.0 Å². The third kappa shape index (κ3) is 4.15. The molecule has 4 rings (SSSR count). The van der Waals surface area contributed by atoms with E-state index in [-0.39, 0.29) is 5.56 Å². The van der Waals surface area contributed by atoms with Crippen LogP contribution in [0.15, 0.2) is 59.4 Å². The van der Waals surface area contributed by atoms with Crippen LogP contribution in [0.1, 0.15) is 11.3 Å². The number of aromatic amines is 1. The summed E-state index contributed by atoms with van der Waals surface area (Å²) in [6.45, 7) is 5.18. The Bertz CT molecular complexity index is 961. The quantitative estimate of drug-likeness (QED) is 0.748. The summed E-state index contributed by atoms with van der Waals surface area (Å²) in [4.78, 5) is 22.8. The van der Waals surface area contributed by atoms with Crippen molar-refractivity contribution in [1.29, 1.82) is 0 Å². The number of aromatic nitrogens is 2. The second kappa shape index (κ2) is 8.11. The Kier molecular flexibility index (Phi) is 5.41. The molecule has 0 saturated carbocycles. The summed E-state index contributed by atoms with van der Waals surface area (Å²) in [5, 5.41) is 0. The summed E-state index contributed by atoms with van der Waals surface area (Å²) < 4.78 is 0. The highest BCUT2D eigenvalue weighted by Gasteiger charge is 2.13. The molecule has 5 heteroatoms. The van der Waals surface area contributed by atoms with Crippen LogP contribution in [0.25, 0.3) is 22.5 Å². The van der Waals surface area contributed by atoms with Crippen molar-refractivity contribution in [3.8, 4) is 22.5 Å². The van der Waals surface area contributed by atoms with Crippen LogP contribution in [0.5, 0.6) is 0 Å². The van der Waals surface area contributed by atoms with Crippen LogP contribution in [0, 0.1) is 6.92 Å². The molecule has 0 radical (unpaired) electrons. The molecule has 138 valence electrons. The monoisotopic (exact) mass is 377 g/mol. The number of hydrogen-bond donors (Lipinski definition) is 1. The lowest BCUT2D eigenvalue weighted by Gasteiger charge is -2.26. The van der Waals surface area contributed by atoms with Crippen LogP contribution in [0.4, 0.5) is 0 Å². The fourth-order valence-corrected chi connectivity index (χ4v) is 4.43. The highest BCUT2D eigenvalue weighted by atomic mass is 32.2. The first-order valence-electron chi connectivity index (χ1n) is 9.26. The maximum absolute atomic E-state index is 12.7. The minimum absolute atomic E-state index is 0.0985. The van der Waals surface area contributed by atoms with Crippen LogP contribution in [0.3, 0.4) is 0 Å². The van der Waals surface area contributed by atoms with Crippen molar-refractivity contribution < 1.29 is 0 Å². The average molecular weight is 378 g/mol. The van der Waals surface area contributed by atoms with Gasteiger partial charge in [-0.25, -0.2) is 4.98 Å². The zero-order valence-electron chi connectivity index (χ0n) is 15.4. The number of H-pyrrole nitrogens is 1. The van der Waals surface area contributed by atoms with Crippen molar-refractivity contribution in [2.45, 2.75) is 13.5 Å².